The van der Waals surface area contributed by atoms with Gasteiger partial charge in [-0.2, -0.15) is 0 Å². The lowest BCUT2D eigenvalue weighted by Gasteiger charge is -2.59. The molecule has 4 nitrogen and oxygen atoms in total. The van der Waals surface area contributed by atoms with Gasteiger partial charge in [0, 0.05) is 10.9 Å². The van der Waals surface area contributed by atoms with Crippen LogP contribution in [0.1, 0.15) is 63.9 Å². The summed E-state index contributed by atoms with van der Waals surface area (Å²) in [5.74, 6) is 3.18. The highest BCUT2D eigenvalue weighted by Crippen LogP contribution is 2.64. The summed E-state index contributed by atoms with van der Waals surface area (Å²) in [7, 11) is 1.66. The number of benzene rings is 1. The topological polar surface area (TPSA) is 47.6 Å². The van der Waals surface area contributed by atoms with Crippen molar-refractivity contribution in [1.82, 2.24) is 5.32 Å². The van der Waals surface area contributed by atoms with Crippen molar-refractivity contribution in [3.05, 3.63) is 23.8 Å². The lowest BCUT2D eigenvalue weighted by atomic mass is 9.49. The molecule has 0 saturated heterocycles. The highest BCUT2D eigenvalue weighted by atomic mass is 79.9. The van der Waals surface area contributed by atoms with E-state index in [2.05, 4.69) is 28.2 Å². The number of amides is 1. The van der Waals surface area contributed by atoms with Crippen LogP contribution in [0, 0.1) is 17.3 Å². The molecule has 1 aromatic carbocycles. The SMILES string of the molecule is CCCCOc1ccc(CNC(=O)C23CC4CC(CC(Br)(C4)C2)C3)cc1OC. The van der Waals surface area contributed by atoms with Crippen molar-refractivity contribution in [2.75, 3.05) is 13.7 Å². The standard InChI is InChI=1S/C23H32BrNO3/c1-3-4-7-28-19-6-5-16(9-20(19)27-2)14-25-21(26)22-10-17-8-18(11-22)13-23(24,12-17)15-22/h5-6,9,17-18H,3-4,7-8,10-15H2,1-2H3,(H,25,26). The van der Waals surface area contributed by atoms with Crippen molar-refractivity contribution >= 4 is 21.8 Å². The molecule has 2 unspecified atom stereocenters. The van der Waals surface area contributed by atoms with Gasteiger partial charge in [0.1, 0.15) is 0 Å². The zero-order chi connectivity index (χ0) is 19.8. The molecule has 4 fully saturated rings. The molecule has 28 heavy (non-hydrogen) atoms. The highest BCUT2D eigenvalue weighted by molar-refractivity contribution is 9.10. The maximum absolute atomic E-state index is 13.2. The van der Waals surface area contributed by atoms with Crippen LogP contribution < -0.4 is 14.8 Å². The molecular formula is C23H32BrNO3. The van der Waals surface area contributed by atoms with Crippen molar-refractivity contribution in [3.8, 4) is 11.5 Å². The van der Waals surface area contributed by atoms with Crippen LogP contribution in [-0.4, -0.2) is 23.9 Å². The van der Waals surface area contributed by atoms with E-state index in [-0.39, 0.29) is 15.6 Å². The summed E-state index contributed by atoms with van der Waals surface area (Å²) in [6.45, 7) is 3.38. The van der Waals surface area contributed by atoms with E-state index in [4.69, 9.17) is 9.47 Å². The van der Waals surface area contributed by atoms with Gasteiger partial charge in [-0.15, -0.1) is 0 Å². The average molecular weight is 450 g/mol. The van der Waals surface area contributed by atoms with E-state index in [9.17, 15) is 4.79 Å². The maximum Gasteiger partial charge on any atom is 0.226 e. The minimum absolute atomic E-state index is 0.166. The number of hydrogen-bond acceptors (Lipinski definition) is 3. The quantitative estimate of drug-likeness (QED) is 0.436. The van der Waals surface area contributed by atoms with E-state index in [0.29, 0.717) is 25.0 Å². The molecule has 1 N–H and O–H groups in total. The van der Waals surface area contributed by atoms with E-state index in [0.717, 1.165) is 49.2 Å². The van der Waals surface area contributed by atoms with E-state index >= 15 is 0 Å². The minimum Gasteiger partial charge on any atom is -0.493 e. The maximum atomic E-state index is 13.2. The van der Waals surface area contributed by atoms with Gasteiger partial charge in [-0.3, -0.25) is 4.79 Å². The van der Waals surface area contributed by atoms with Crippen molar-refractivity contribution in [2.45, 2.75) is 69.2 Å². The molecule has 4 saturated carbocycles. The van der Waals surface area contributed by atoms with Crippen LogP contribution in [0.15, 0.2) is 18.2 Å². The molecule has 1 aromatic rings. The number of carbonyl (C=O) groups is 1. The summed E-state index contributed by atoms with van der Waals surface area (Å²) in [6, 6.07) is 5.96. The van der Waals surface area contributed by atoms with Crippen LogP contribution in [-0.2, 0) is 11.3 Å². The fraction of sp³-hybridized carbons (Fsp3) is 0.696. The number of methoxy groups -OCH3 is 1. The van der Waals surface area contributed by atoms with Gasteiger partial charge < -0.3 is 14.8 Å². The second-order valence-electron chi connectivity index (χ2n) is 9.26. The monoisotopic (exact) mass is 449 g/mol. The molecule has 0 radical (unpaired) electrons. The third-order valence-corrected chi connectivity index (χ3v) is 7.84. The van der Waals surface area contributed by atoms with Crippen LogP contribution in [0.4, 0.5) is 0 Å². The number of hydrogen-bond donors (Lipinski definition) is 1. The molecule has 0 aliphatic heterocycles. The Hall–Kier alpha value is -1.23. The summed E-state index contributed by atoms with van der Waals surface area (Å²) in [5, 5.41) is 3.24. The number of unbranched alkanes of at least 4 members (excludes halogenated alkanes) is 1. The predicted octanol–water partition coefficient (Wildman–Crippen LogP) is 5.22. The zero-order valence-corrected chi connectivity index (χ0v) is 18.6. The summed E-state index contributed by atoms with van der Waals surface area (Å²) >= 11 is 4.00. The number of alkyl halides is 1. The van der Waals surface area contributed by atoms with Gasteiger partial charge in [0.05, 0.1) is 19.1 Å². The Morgan fingerprint density at radius 1 is 1.21 bits per heavy atom. The molecule has 0 aromatic heterocycles. The van der Waals surface area contributed by atoms with Crippen LogP contribution in [0.2, 0.25) is 0 Å². The lowest BCUT2D eigenvalue weighted by molar-refractivity contribution is -0.144. The van der Waals surface area contributed by atoms with Gasteiger partial charge in [0.25, 0.3) is 0 Å². The van der Waals surface area contributed by atoms with Crippen LogP contribution >= 0.6 is 15.9 Å². The minimum atomic E-state index is -0.166. The number of ether oxygens (including phenoxy) is 2. The van der Waals surface area contributed by atoms with Gasteiger partial charge in [-0.1, -0.05) is 35.3 Å². The lowest BCUT2D eigenvalue weighted by Crippen LogP contribution is -2.58. The Bertz CT molecular complexity index is 721. The first-order valence-corrected chi connectivity index (χ1v) is 11.5. The van der Waals surface area contributed by atoms with E-state index < -0.39 is 0 Å². The Morgan fingerprint density at radius 2 is 1.96 bits per heavy atom. The van der Waals surface area contributed by atoms with Crippen molar-refractivity contribution in [2.24, 2.45) is 17.3 Å². The van der Waals surface area contributed by atoms with Gasteiger partial charge >= 0.3 is 0 Å². The Morgan fingerprint density at radius 3 is 2.61 bits per heavy atom. The zero-order valence-electron chi connectivity index (χ0n) is 17.1. The normalized spacial score (nSPS) is 33.0. The van der Waals surface area contributed by atoms with E-state index in [1.54, 1.807) is 7.11 Å². The first kappa shape index (κ1) is 20.1. The van der Waals surface area contributed by atoms with Crippen molar-refractivity contribution in [1.29, 1.82) is 0 Å². The third kappa shape index (κ3) is 3.92. The van der Waals surface area contributed by atoms with Crippen LogP contribution in [0.25, 0.3) is 0 Å². The third-order valence-electron chi connectivity index (χ3n) is 6.91. The molecule has 4 aliphatic carbocycles. The molecule has 4 aliphatic rings. The first-order valence-electron chi connectivity index (χ1n) is 10.7. The second-order valence-corrected chi connectivity index (χ2v) is 10.9. The largest absolute Gasteiger partial charge is 0.493 e. The van der Waals surface area contributed by atoms with Gasteiger partial charge in [-0.25, -0.2) is 0 Å². The number of carbonyl (C=O) groups excluding carboxylic acids is 1. The van der Waals surface area contributed by atoms with Gasteiger partial charge in [0.2, 0.25) is 5.91 Å². The van der Waals surface area contributed by atoms with Crippen molar-refractivity contribution in [3.63, 3.8) is 0 Å². The molecule has 1 amide bonds. The Kier molecular flexibility index (Phi) is 5.65. The molecule has 5 rings (SSSR count). The summed E-state index contributed by atoms with van der Waals surface area (Å²) < 4.78 is 11.5. The van der Waals surface area contributed by atoms with Crippen molar-refractivity contribution < 1.29 is 14.3 Å². The fourth-order valence-corrected chi connectivity index (χ4v) is 7.51. The highest BCUT2D eigenvalue weighted by Gasteiger charge is 2.59. The molecule has 4 bridgehead atoms. The van der Waals surface area contributed by atoms with Crippen LogP contribution in [0.5, 0.6) is 11.5 Å². The van der Waals surface area contributed by atoms with Gasteiger partial charge in [0.15, 0.2) is 11.5 Å². The summed E-state index contributed by atoms with van der Waals surface area (Å²) in [6.07, 6.45) is 9.06. The average Bonchev–Trinajstić information content (AvgIpc) is 2.65. The number of halogens is 1. The summed E-state index contributed by atoms with van der Waals surface area (Å²) in [4.78, 5) is 13.2. The molecule has 2 atom stereocenters. The van der Waals surface area contributed by atoms with Crippen LogP contribution in [0.3, 0.4) is 0 Å². The smallest absolute Gasteiger partial charge is 0.226 e. The predicted molar refractivity (Wildman–Crippen MR) is 114 cm³/mol. The Balaban J connectivity index is 1.40. The van der Waals surface area contributed by atoms with E-state index in [1.807, 2.05) is 18.2 Å². The molecule has 0 heterocycles. The Labute approximate surface area is 176 Å². The molecule has 5 heteroatoms. The summed E-state index contributed by atoms with van der Waals surface area (Å²) in [5.41, 5.74) is 0.882. The first-order chi connectivity index (χ1) is 13.5. The second kappa shape index (κ2) is 7.89. The fourth-order valence-electron chi connectivity index (χ4n) is 6.05. The number of rotatable bonds is 8. The van der Waals surface area contributed by atoms with Gasteiger partial charge in [-0.05, 0) is 74.5 Å². The van der Waals surface area contributed by atoms with E-state index in [1.165, 1.54) is 19.3 Å². The molecular weight excluding hydrogens is 418 g/mol. The molecule has 154 valence electrons. The molecule has 0 spiro atoms. The number of nitrogens with one attached hydrogen (secondary N) is 1.